The highest BCUT2D eigenvalue weighted by Crippen LogP contribution is 2.36. The van der Waals surface area contributed by atoms with Gasteiger partial charge in [0.05, 0.1) is 6.61 Å². The lowest BCUT2D eigenvalue weighted by molar-refractivity contribution is -0.202. The highest BCUT2D eigenvalue weighted by molar-refractivity contribution is 7.64. The SMILES string of the molecule is CC(C)CC1(C)OCc2cc(OC[Si](Cl)(Cl)Cl)ccc2O1. The minimum absolute atomic E-state index is 0.128. The molecule has 0 N–H and O–H groups in total. The van der Waals surface area contributed by atoms with E-state index in [2.05, 4.69) is 13.8 Å². The first-order valence-corrected chi connectivity index (χ1v) is 12.1. The van der Waals surface area contributed by atoms with Gasteiger partial charge in [-0.1, -0.05) is 13.8 Å². The number of ether oxygens (including phenoxy) is 3. The molecule has 0 saturated carbocycles. The molecule has 2 rings (SSSR count). The highest BCUT2D eigenvalue weighted by atomic mass is 35.8. The summed E-state index contributed by atoms with van der Waals surface area (Å²) >= 11 is 17.4. The molecule has 7 heteroatoms. The zero-order valence-corrected chi connectivity index (χ0v) is 15.6. The second kappa shape index (κ2) is 6.55. The van der Waals surface area contributed by atoms with Gasteiger partial charge in [-0.15, -0.1) is 33.2 Å². The molecule has 1 heterocycles. The van der Waals surface area contributed by atoms with Gasteiger partial charge in [-0.05, 0) is 24.1 Å². The van der Waals surface area contributed by atoms with Crippen LogP contribution in [0.2, 0.25) is 0 Å². The molecule has 0 fully saturated rings. The number of rotatable bonds is 5. The minimum atomic E-state index is -2.78. The second-order valence-electron chi connectivity index (χ2n) is 5.80. The Labute approximate surface area is 140 Å². The summed E-state index contributed by atoms with van der Waals surface area (Å²) in [6.07, 6.45) is 0.965. The maximum absolute atomic E-state index is 5.98. The molecule has 0 spiro atoms. The summed E-state index contributed by atoms with van der Waals surface area (Å²) in [6, 6.07) is 2.79. The summed E-state index contributed by atoms with van der Waals surface area (Å²) in [4.78, 5) is 0. The number of hydrogen-bond donors (Lipinski definition) is 0. The lowest BCUT2D eigenvalue weighted by atomic mass is 10.0. The first-order chi connectivity index (χ1) is 9.67. The number of halogens is 3. The summed E-state index contributed by atoms with van der Waals surface area (Å²) in [7, 11) is 0. The quantitative estimate of drug-likeness (QED) is 0.544. The van der Waals surface area contributed by atoms with Crippen LogP contribution >= 0.6 is 33.2 Å². The fourth-order valence-electron chi connectivity index (χ4n) is 2.36. The van der Waals surface area contributed by atoms with E-state index < -0.39 is 11.8 Å². The van der Waals surface area contributed by atoms with Gasteiger partial charge >= 0.3 is 6.00 Å². The third-order valence-electron chi connectivity index (χ3n) is 3.07. The van der Waals surface area contributed by atoms with Crippen molar-refractivity contribution in [2.45, 2.75) is 39.6 Å². The highest BCUT2D eigenvalue weighted by Gasteiger charge is 2.33. The van der Waals surface area contributed by atoms with Gasteiger partial charge in [-0.2, -0.15) is 0 Å². The third kappa shape index (κ3) is 5.22. The van der Waals surface area contributed by atoms with E-state index in [0.717, 1.165) is 17.7 Å². The van der Waals surface area contributed by atoms with Gasteiger partial charge in [0.25, 0.3) is 0 Å². The van der Waals surface area contributed by atoms with Crippen molar-refractivity contribution in [3.05, 3.63) is 23.8 Å². The fourth-order valence-corrected chi connectivity index (χ4v) is 3.18. The van der Waals surface area contributed by atoms with Crippen molar-refractivity contribution in [3.63, 3.8) is 0 Å². The van der Waals surface area contributed by atoms with E-state index in [1.54, 1.807) is 0 Å². The molecule has 1 atom stereocenters. The normalized spacial score (nSPS) is 21.9. The van der Waals surface area contributed by atoms with Crippen LogP contribution < -0.4 is 9.47 Å². The summed E-state index contributed by atoms with van der Waals surface area (Å²) in [5, 5.41) is 0. The Balaban J connectivity index is 2.07. The molecule has 3 nitrogen and oxygen atoms in total. The molecule has 21 heavy (non-hydrogen) atoms. The van der Waals surface area contributed by atoms with Gasteiger partial charge in [0.1, 0.15) is 17.7 Å². The van der Waals surface area contributed by atoms with Crippen molar-refractivity contribution >= 4 is 39.2 Å². The second-order valence-corrected chi connectivity index (χ2v) is 14.9. The first kappa shape index (κ1) is 17.2. The van der Waals surface area contributed by atoms with Gasteiger partial charge < -0.3 is 14.2 Å². The summed E-state index contributed by atoms with van der Waals surface area (Å²) in [5.41, 5.74) is 0.944. The Kier molecular flexibility index (Phi) is 5.37. The van der Waals surface area contributed by atoms with Crippen LogP contribution in [0.5, 0.6) is 11.5 Å². The van der Waals surface area contributed by atoms with Crippen molar-refractivity contribution in [2.24, 2.45) is 5.92 Å². The van der Waals surface area contributed by atoms with Gasteiger partial charge in [-0.25, -0.2) is 0 Å². The molecule has 1 aromatic rings. The molecule has 0 aliphatic carbocycles. The number of fused-ring (bicyclic) bond motifs is 1. The smallest absolute Gasteiger partial charge is 0.377 e. The average molecular weight is 370 g/mol. The molecule has 0 aromatic heterocycles. The van der Waals surface area contributed by atoms with E-state index in [4.69, 9.17) is 47.4 Å². The topological polar surface area (TPSA) is 27.7 Å². The molecule has 1 aliphatic rings. The molecular weight excluding hydrogens is 351 g/mol. The van der Waals surface area contributed by atoms with Gasteiger partial charge in [0.15, 0.2) is 0 Å². The van der Waals surface area contributed by atoms with E-state index in [-0.39, 0.29) is 6.23 Å². The van der Waals surface area contributed by atoms with E-state index in [9.17, 15) is 0 Å². The Morgan fingerprint density at radius 2 is 2.05 bits per heavy atom. The molecule has 0 amide bonds. The maximum atomic E-state index is 5.98. The molecule has 1 aliphatic heterocycles. The van der Waals surface area contributed by atoms with Crippen molar-refractivity contribution in [2.75, 3.05) is 6.23 Å². The van der Waals surface area contributed by atoms with E-state index >= 15 is 0 Å². The Hall–Kier alpha value is -0.133. The fraction of sp³-hybridized carbons (Fsp3) is 0.571. The lowest BCUT2D eigenvalue weighted by Crippen LogP contribution is -2.40. The van der Waals surface area contributed by atoms with Crippen LogP contribution in [0.3, 0.4) is 0 Å². The zero-order chi connectivity index (χ0) is 15.7. The molecule has 1 unspecified atom stereocenters. The monoisotopic (exact) mass is 368 g/mol. The Bertz CT molecular complexity index is 505. The van der Waals surface area contributed by atoms with E-state index in [1.165, 1.54) is 0 Å². The molecule has 0 saturated heterocycles. The van der Waals surface area contributed by atoms with E-state index in [1.807, 2.05) is 25.1 Å². The van der Waals surface area contributed by atoms with Crippen molar-refractivity contribution in [1.82, 2.24) is 0 Å². The van der Waals surface area contributed by atoms with Gasteiger partial charge in [-0.3, -0.25) is 0 Å². The minimum Gasteiger partial charge on any atom is -0.493 e. The number of benzene rings is 1. The van der Waals surface area contributed by atoms with E-state index in [0.29, 0.717) is 18.3 Å². The average Bonchev–Trinajstić information content (AvgIpc) is 2.34. The van der Waals surface area contributed by atoms with Crippen LogP contribution in [0.15, 0.2) is 18.2 Å². The first-order valence-electron chi connectivity index (χ1n) is 6.82. The molecule has 0 bridgehead atoms. The van der Waals surface area contributed by atoms with Crippen LogP contribution in [-0.2, 0) is 11.3 Å². The van der Waals surface area contributed by atoms with Crippen LogP contribution in [0, 0.1) is 5.92 Å². The van der Waals surface area contributed by atoms with Crippen LogP contribution in [-0.4, -0.2) is 18.0 Å². The van der Waals surface area contributed by atoms with Crippen LogP contribution in [0.4, 0.5) is 0 Å². The lowest BCUT2D eigenvalue weighted by Gasteiger charge is -2.36. The van der Waals surface area contributed by atoms with Crippen LogP contribution in [0.25, 0.3) is 0 Å². The van der Waals surface area contributed by atoms with Crippen molar-refractivity contribution in [3.8, 4) is 11.5 Å². The Morgan fingerprint density at radius 1 is 1.33 bits per heavy atom. The zero-order valence-electron chi connectivity index (χ0n) is 12.3. The van der Waals surface area contributed by atoms with Crippen LogP contribution in [0.1, 0.15) is 32.8 Å². The standard InChI is InChI=1S/C14H19Cl3O3Si/c1-10(2)7-14(3)19-8-11-6-12(4-5-13(11)20-14)18-9-21(15,16)17/h4-6,10H,7-9H2,1-3H3. The predicted molar refractivity (Wildman–Crippen MR) is 88.5 cm³/mol. The number of hydrogen-bond acceptors (Lipinski definition) is 3. The summed E-state index contributed by atoms with van der Waals surface area (Å²) < 4.78 is 17.3. The molecular formula is C14H19Cl3O3Si. The Morgan fingerprint density at radius 3 is 2.67 bits per heavy atom. The summed E-state index contributed by atoms with van der Waals surface area (Å²) in [5.74, 6) is 1.40. The molecule has 0 radical (unpaired) electrons. The van der Waals surface area contributed by atoms with Crippen molar-refractivity contribution < 1.29 is 14.2 Å². The van der Waals surface area contributed by atoms with Gasteiger partial charge in [0, 0.05) is 18.9 Å². The maximum Gasteiger partial charge on any atom is 0.377 e. The summed E-state index contributed by atoms with van der Waals surface area (Å²) in [6.45, 7) is 6.74. The predicted octanol–water partition coefficient (Wildman–Crippen LogP) is 4.93. The molecule has 118 valence electrons. The van der Waals surface area contributed by atoms with Gasteiger partial charge in [0.2, 0.25) is 5.79 Å². The molecule has 1 aromatic carbocycles. The largest absolute Gasteiger partial charge is 0.493 e. The third-order valence-corrected chi connectivity index (χ3v) is 4.53. The van der Waals surface area contributed by atoms with Crippen molar-refractivity contribution in [1.29, 1.82) is 0 Å².